The van der Waals surface area contributed by atoms with Gasteiger partial charge in [0.05, 0.1) is 0 Å². The fourth-order valence-corrected chi connectivity index (χ4v) is 0.354. The van der Waals surface area contributed by atoms with Crippen LogP contribution in [0.4, 0.5) is 0 Å². The first-order chi connectivity index (χ1) is 8.41. The molecule has 0 radical (unpaired) electrons. The maximum absolute atomic E-state index is 2.21. The maximum atomic E-state index is 2.21. The molecule has 0 nitrogen and oxygen atoms in total. The van der Waals surface area contributed by atoms with E-state index < -0.39 is 0 Å². The summed E-state index contributed by atoms with van der Waals surface area (Å²) >= 11 is 0. The van der Waals surface area contributed by atoms with Crippen LogP contribution in [0.5, 0.6) is 0 Å². The number of unbranched alkanes of at least 4 members (excludes halogenated alkanes) is 2. The van der Waals surface area contributed by atoms with Gasteiger partial charge in [0.2, 0.25) is 0 Å². The second-order valence-electron chi connectivity index (χ2n) is 1.35. The van der Waals surface area contributed by atoms with E-state index in [0.29, 0.717) is 0 Å². The van der Waals surface area contributed by atoms with Gasteiger partial charge in [-0.2, -0.15) is 0 Å². The normalized spacial score (nSPS) is 4.59. The van der Waals surface area contributed by atoms with Gasteiger partial charge in [-0.1, -0.05) is 116 Å². The molecule has 17 heavy (non-hydrogen) atoms. The summed E-state index contributed by atoms with van der Waals surface area (Å²) < 4.78 is 0. The Morgan fingerprint density at radius 1 is 0.353 bits per heavy atom. The lowest BCUT2D eigenvalue weighted by molar-refractivity contribution is 0.772. The van der Waals surface area contributed by atoms with Gasteiger partial charge in [-0.25, -0.2) is 0 Å². The van der Waals surface area contributed by atoms with Gasteiger partial charge in [0, 0.05) is 0 Å². The Morgan fingerprint density at radius 2 is 0.471 bits per heavy atom. The van der Waals surface area contributed by atoms with Crippen molar-refractivity contribution in [2.24, 2.45) is 0 Å². The number of hydrogen-bond acceptors (Lipinski definition) is 0. The van der Waals surface area contributed by atoms with E-state index >= 15 is 0 Å². The summed E-state index contributed by atoms with van der Waals surface area (Å²) in [5, 5.41) is 0. The van der Waals surface area contributed by atoms with Crippen LogP contribution in [0.1, 0.15) is 116 Å². The third kappa shape index (κ3) is 784. The molecule has 0 atom stereocenters. The van der Waals surface area contributed by atoms with Crippen LogP contribution >= 0.6 is 0 Å². The van der Waals surface area contributed by atoms with Crippen LogP contribution in [0.3, 0.4) is 0 Å². The molecule has 116 valence electrons. The molecule has 0 amide bonds. The molecule has 0 aliphatic rings. The molecule has 0 aromatic heterocycles. The summed E-state index contributed by atoms with van der Waals surface area (Å²) in [5.74, 6) is 0. The van der Waals surface area contributed by atoms with Crippen LogP contribution in [0.25, 0.3) is 0 Å². The minimum atomic E-state index is 1.34. The van der Waals surface area contributed by atoms with Crippen molar-refractivity contribution in [1.82, 2.24) is 0 Å². The lowest BCUT2D eigenvalue weighted by Crippen LogP contribution is -1.59. The molecule has 0 aliphatic heterocycles. The molecule has 0 rings (SSSR count). The molecule has 0 aromatic rings. The quantitative estimate of drug-likeness (QED) is 0.463. The van der Waals surface area contributed by atoms with Crippen LogP contribution in [-0.4, -0.2) is 0 Å². The predicted octanol–water partition coefficient (Wildman–Crippen LogP) is 8.35. The van der Waals surface area contributed by atoms with Crippen LogP contribution in [0.2, 0.25) is 0 Å². The molecule has 0 N–H and O–H groups in total. The van der Waals surface area contributed by atoms with E-state index in [1.807, 2.05) is 83.1 Å². The Balaban J connectivity index is -0.0000000147. The Kier molecular flexibility index (Phi) is 1020. The summed E-state index contributed by atoms with van der Waals surface area (Å²) in [6.07, 6.45) is 4.08. The van der Waals surface area contributed by atoms with Crippen LogP contribution in [0, 0.1) is 0 Å². The zero-order valence-electron chi connectivity index (χ0n) is 16.1. The van der Waals surface area contributed by atoms with Crippen molar-refractivity contribution in [1.29, 1.82) is 0 Å². The van der Waals surface area contributed by atoms with Crippen molar-refractivity contribution in [2.45, 2.75) is 116 Å². The van der Waals surface area contributed by atoms with Gasteiger partial charge in [0.25, 0.3) is 0 Å². The summed E-state index contributed by atoms with van der Waals surface area (Å²) in [4.78, 5) is 0. The average Bonchev–Trinajstić information content (AvgIpc) is 2.52. The van der Waals surface area contributed by atoms with E-state index in [-0.39, 0.29) is 0 Å². The van der Waals surface area contributed by atoms with Crippen molar-refractivity contribution in [2.75, 3.05) is 0 Å². The van der Waals surface area contributed by atoms with Crippen molar-refractivity contribution in [3.63, 3.8) is 0 Å². The highest BCUT2D eigenvalue weighted by Gasteiger charge is 1.68. The Bertz CT molecular complexity index is 7.51. The molecular weight excluding hydrogens is 204 g/mol. The predicted molar refractivity (Wildman–Crippen MR) is 93.3 cm³/mol. The highest BCUT2D eigenvalue weighted by Crippen LogP contribution is 1.88. The molecule has 0 heteroatoms. The summed E-state index contributed by atoms with van der Waals surface area (Å²) in [7, 11) is 0. The molecule has 0 heterocycles. The molecule has 0 spiro atoms. The lowest BCUT2D eigenvalue weighted by atomic mass is 10.3. The molecule has 0 unspecified atom stereocenters. The highest BCUT2D eigenvalue weighted by atomic mass is 13.7. The molecule has 0 aromatic carbocycles. The summed E-state index contributed by atoms with van der Waals surface area (Å²) in [6.45, 7) is 28.4. The Labute approximate surface area is 117 Å². The second kappa shape index (κ2) is 400. The van der Waals surface area contributed by atoms with Crippen molar-refractivity contribution in [3.05, 3.63) is 0 Å². The first-order valence-corrected chi connectivity index (χ1v) is 8.41. The fraction of sp³-hybridized carbons (Fsp3) is 1.00. The first-order valence-electron chi connectivity index (χ1n) is 8.41. The van der Waals surface area contributed by atoms with E-state index in [1.54, 1.807) is 0 Å². The Hall–Kier alpha value is 0. The number of rotatable bonds is 2. The average molecular weight is 253 g/mol. The Morgan fingerprint density at radius 3 is 0.471 bits per heavy atom. The van der Waals surface area contributed by atoms with Crippen LogP contribution in [0.15, 0.2) is 0 Å². The zero-order valence-corrected chi connectivity index (χ0v) is 16.1. The van der Waals surface area contributed by atoms with Gasteiger partial charge in [-0.3, -0.25) is 0 Å². The molecule has 0 saturated carbocycles. The number of hydrogen-bond donors (Lipinski definition) is 0. The SMILES string of the molecule is CC.CC.CC.CC.CC.CC.CCCCC. The van der Waals surface area contributed by atoms with Crippen LogP contribution < -0.4 is 0 Å². The largest absolute Gasteiger partial charge is 0.0683 e. The van der Waals surface area contributed by atoms with E-state index in [0.717, 1.165) is 0 Å². The lowest BCUT2D eigenvalue weighted by Gasteiger charge is -1.79. The molecular formula is C17H48. The van der Waals surface area contributed by atoms with Crippen LogP contribution in [-0.2, 0) is 0 Å². The van der Waals surface area contributed by atoms with E-state index in [2.05, 4.69) is 13.8 Å². The minimum absolute atomic E-state index is 1.34. The second-order valence-corrected chi connectivity index (χ2v) is 1.35. The van der Waals surface area contributed by atoms with Gasteiger partial charge >= 0.3 is 0 Å². The van der Waals surface area contributed by atoms with Crippen molar-refractivity contribution in [3.8, 4) is 0 Å². The van der Waals surface area contributed by atoms with E-state index in [1.165, 1.54) is 19.3 Å². The third-order valence-electron chi connectivity index (χ3n) is 0.707. The van der Waals surface area contributed by atoms with Gasteiger partial charge < -0.3 is 0 Å². The highest BCUT2D eigenvalue weighted by molar-refractivity contribution is 4.24. The topological polar surface area (TPSA) is 0 Å². The maximum Gasteiger partial charge on any atom is -0.0538 e. The molecule has 0 fully saturated rings. The standard InChI is InChI=1S/C5H12.6C2H6/c1-3-5-4-2;6*1-2/h3-5H2,1-2H3;6*1-2H3. The van der Waals surface area contributed by atoms with Gasteiger partial charge in [0.15, 0.2) is 0 Å². The molecule has 0 bridgehead atoms. The van der Waals surface area contributed by atoms with E-state index in [9.17, 15) is 0 Å². The fourth-order valence-electron chi connectivity index (χ4n) is 0.354. The summed E-state index contributed by atoms with van der Waals surface area (Å²) in [6, 6.07) is 0. The van der Waals surface area contributed by atoms with Gasteiger partial charge in [-0.15, -0.1) is 0 Å². The third-order valence-corrected chi connectivity index (χ3v) is 0.707. The minimum Gasteiger partial charge on any atom is -0.0683 e. The molecule has 0 saturated heterocycles. The summed E-state index contributed by atoms with van der Waals surface area (Å²) in [5.41, 5.74) is 0. The first kappa shape index (κ1) is 43.5. The van der Waals surface area contributed by atoms with Crippen molar-refractivity contribution >= 4 is 0 Å². The van der Waals surface area contributed by atoms with E-state index in [4.69, 9.17) is 0 Å². The van der Waals surface area contributed by atoms with Crippen molar-refractivity contribution < 1.29 is 0 Å². The van der Waals surface area contributed by atoms with Gasteiger partial charge in [0.1, 0.15) is 0 Å². The van der Waals surface area contributed by atoms with Gasteiger partial charge in [-0.05, 0) is 0 Å². The zero-order chi connectivity index (χ0) is 16.1. The molecule has 0 aliphatic carbocycles. The smallest absolute Gasteiger partial charge is 0.0538 e. The monoisotopic (exact) mass is 252 g/mol.